The first kappa shape index (κ1) is 21.3. The molecule has 0 radical (unpaired) electrons. The number of nitrogens with zero attached hydrogens (tertiary/aromatic N) is 6. The number of alkyl halides is 2. The SMILES string of the molecule is Nc1ncccc1-c1nc2ccc(-c3ccc(OC(F)F)nn3)nc2n1-c1ccc(CO)cc1. The Balaban J connectivity index is 1.68. The van der Waals surface area contributed by atoms with Crippen LogP contribution in [0.25, 0.3) is 39.6 Å². The molecule has 4 heterocycles. The van der Waals surface area contributed by atoms with Gasteiger partial charge in [-0.2, -0.15) is 8.78 Å². The van der Waals surface area contributed by atoms with E-state index >= 15 is 0 Å². The average molecular weight is 461 g/mol. The van der Waals surface area contributed by atoms with Crippen molar-refractivity contribution in [2.75, 3.05) is 5.73 Å². The van der Waals surface area contributed by atoms with Crippen molar-refractivity contribution in [1.82, 2.24) is 29.7 Å². The van der Waals surface area contributed by atoms with Crippen molar-refractivity contribution in [2.45, 2.75) is 13.2 Å². The van der Waals surface area contributed by atoms with Gasteiger partial charge in [-0.3, -0.25) is 4.57 Å². The van der Waals surface area contributed by atoms with Gasteiger partial charge in [-0.1, -0.05) is 12.1 Å². The number of pyridine rings is 2. The fourth-order valence-corrected chi connectivity index (χ4v) is 3.49. The molecule has 4 aromatic heterocycles. The summed E-state index contributed by atoms with van der Waals surface area (Å²) < 4.78 is 30.9. The summed E-state index contributed by atoms with van der Waals surface area (Å²) in [4.78, 5) is 13.6. The molecular weight excluding hydrogens is 444 g/mol. The fourth-order valence-electron chi connectivity index (χ4n) is 3.49. The number of fused-ring (bicyclic) bond motifs is 1. The van der Waals surface area contributed by atoms with Crippen molar-refractivity contribution in [2.24, 2.45) is 0 Å². The summed E-state index contributed by atoms with van der Waals surface area (Å²) >= 11 is 0. The zero-order valence-corrected chi connectivity index (χ0v) is 17.5. The quantitative estimate of drug-likeness (QED) is 0.393. The number of aliphatic hydroxyl groups excluding tert-OH is 1. The molecule has 0 saturated carbocycles. The van der Waals surface area contributed by atoms with Crippen molar-refractivity contribution in [3.05, 3.63) is 72.4 Å². The van der Waals surface area contributed by atoms with Gasteiger partial charge >= 0.3 is 6.61 Å². The van der Waals surface area contributed by atoms with Crippen LogP contribution >= 0.6 is 0 Å². The Morgan fingerprint density at radius 2 is 1.74 bits per heavy atom. The fraction of sp³-hybridized carbons (Fsp3) is 0.0870. The minimum atomic E-state index is -2.99. The molecule has 34 heavy (non-hydrogen) atoms. The lowest BCUT2D eigenvalue weighted by Crippen LogP contribution is -2.04. The van der Waals surface area contributed by atoms with E-state index in [0.29, 0.717) is 39.8 Å². The predicted molar refractivity (Wildman–Crippen MR) is 120 cm³/mol. The molecule has 5 rings (SSSR count). The zero-order valence-electron chi connectivity index (χ0n) is 17.5. The van der Waals surface area contributed by atoms with E-state index in [1.807, 2.05) is 22.8 Å². The third-order valence-corrected chi connectivity index (χ3v) is 5.07. The Morgan fingerprint density at radius 3 is 2.41 bits per heavy atom. The Kier molecular flexibility index (Phi) is 5.52. The molecule has 170 valence electrons. The molecule has 5 aromatic rings. The molecule has 11 heteroatoms. The van der Waals surface area contributed by atoms with Crippen molar-refractivity contribution >= 4 is 17.0 Å². The summed E-state index contributed by atoms with van der Waals surface area (Å²) in [5.74, 6) is 0.559. The number of nitrogen functional groups attached to an aromatic ring is 1. The van der Waals surface area contributed by atoms with Crippen molar-refractivity contribution in [1.29, 1.82) is 0 Å². The van der Waals surface area contributed by atoms with E-state index in [0.717, 1.165) is 11.3 Å². The van der Waals surface area contributed by atoms with Gasteiger partial charge in [-0.25, -0.2) is 15.0 Å². The Labute approximate surface area is 191 Å². The summed E-state index contributed by atoms with van der Waals surface area (Å²) in [5.41, 5.74) is 10.2. The maximum atomic E-state index is 12.4. The lowest BCUT2D eigenvalue weighted by molar-refractivity contribution is -0.0534. The van der Waals surface area contributed by atoms with Crippen molar-refractivity contribution < 1.29 is 18.6 Å². The number of imidazole rings is 1. The second kappa shape index (κ2) is 8.79. The Hall–Kier alpha value is -4.51. The van der Waals surface area contributed by atoms with E-state index in [9.17, 15) is 13.9 Å². The first-order valence-electron chi connectivity index (χ1n) is 10.1. The molecule has 0 unspecified atom stereocenters. The van der Waals surface area contributed by atoms with E-state index in [1.165, 1.54) is 12.1 Å². The summed E-state index contributed by atoms with van der Waals surface area (Å²) in [5, 5.41) is 17.0. The maximum absolute atomic E-state index is 12.4. The van der Waals surface area contributed by atoms with E-state index in [1.54, 1.807) is 36.5 Å². The van der Waals surface area contributed by atoms with E-state index < -0.39 is 6.61 Å². The number of hydrogen-bond acceptors (Lipinski definition) is 8. The normalized spacial score (nSPS) is 11.3. The van der Waals surface area contributed by atoms with Gasteiger partial charge in [0.1, 0.15) is 17.0 Å². The standard InChI is InChI=1S/C23H17F2N7O2/c24-23(25)34-19-10-9-17(30-31-19)16-7-8-18-22(28-16)32(14-5-3-13(12-33)4-6-14)21(29-18)15-2-1-11-27-20(15)26/h1-11,23,33H,12H2,(H2,26,27). The Morgan fingerprint density at radius 1 is 0.941 bits per heavy atom. The van der Waals surface area contributed by atoms with Crippen LogP contribution in [0.4, 0.5) is 14.6 Å². The van der Waals surface area contributed by atoms with Crippen molar-refractivity contribution in [3.63, 3.8) is 0 Å². The van der Waals surface area contributed by atoms with Gasteiger partial charge in [-0.15, -0.1) is 10.2 Å². The summed E-state index contributed by atoms with van der Waals surface area (Å²) in [6.45, 7) is -3.07. The third kappa shape index (κ3) is 3.99. The van der Waals surface area contributed by atoms with Crippen LogP contribution in [0.3, 0.4) is 0 Å². The largest absolute Gasteiger partial charge is 0.415 e. The number of aromatic nitrogens is 6. The van der Waals surface area contributed by atoms with Gasteiger partial charge in [0.05, 0.1) is 17.9 Å². The summed E-state index contributed by atoms with van der Waals surface area (Å²) in [6, 6.07) is 17.1. The highest BCUT2D eigenvalue weighted by molar-refractivity contribution is 5.84. The van der Waals surface area contributed by atoms with Gasteiger partial charge in [0.15, 0.2) is 11.5 Å². The van der Waals surface area contributed by atoms with Crippen LogP contribution in [0.2, 0.25) is 0 Å². The summed E-state index contributed by atoms with van der Waals surface area (Å²) in [6.07, 6.45) is 1.60. The van der Waals surface area contributed by atoms with Gasteiger partial charge in [0.25, 0.3) is 0 Å². The molecular formula is C23H17F2N7O2. The van der Waals surface area contributed by atoms with Crippen LogP contribution < -0.4 is 10.5 Å². The first-order valence-corrected chi connectivity index (χ1v) is 10.1. The van der Waals surface area contributed by atoms with Crippen molar-refractivity contribution in [3.8, 4) is 34.3 Å². The van der Waals surface area contributed by atoms with E-state index in [-0.39, 0.29) is 12.5 Å². The van der Waals surface area contributed by atoms with Gasteiger partial charge in [0.2, 0.25) is 5.88 Å². The number of benzene rings is 1. The molecule has 0 saturated heterocycles. The molecule has 0 aliphatic rings. The molecule has 0 fully saturated rings. The molecule has 0 spiro atoms. The number of nitrogens with two attached hydrogens (primary N) is 1. The third-order valence-electron chi connectivity index (χ3n) is 5.07. The number of hydrogen-bond donors (Lipinski definition) is 2. The highest BCUT2D eigenvalue weighted by atomic mass is 19.3. The van der Waals surface area contributed by atoms with E-state index in [2.05, 4.69) is 19.9 Å². The maximum Gasteiger partial charge on any atom is 0.388 e. The minimum absolute atomic E-state index is 0.0836. The number of ether oxygens (including phenoxy) is 1. The number of aliphatic hydroxyl groups is 1. The van der Waals surface area contributed by atoms with Gasteiger partial charge in [0, 0.05) is 18.0 Å². The molecule has 0 bridgehead atoms. The van der Waals surface area contributed by atoms with Crippen LogP contribution in [0.1, 0.15) is 5.56 Å². The molecule has 1 aromatic carbocycles. The van der Waals surface area contributed by atoms with Gasteiger partial charge < -0.3 is 15.6 Å². The number of rotatable bonds is 6. The number of halogens is 2. The summed E-state index contributed by atoms with van der Waals surface area (Å²) in [7, 11) is 0. The van der Waals surface area contributed by atoms with Crippen LogP contribution in [0.5, 0.6) is 5.88 Å². The lowest BCUT2D eigenvalue weighted by Gasteiger charge is -2.11. The number of anilines is 1. The van der Waals surface area contributed by atoms with Crippen LogP contribution in [-0.4, -0.2) is 41.4 Å². The smallest absolute Gasteiger partial charge is 0.388 e. The molecule has 0 amide bonds. The molecule has 9 nitrogen and oxygen atoms in total. The topological polar surface area (TPSA) is 125 Å². The highest BCUT2D eigenvalue weighted by Gasteiger charge is 2.19. The van der Waals surface area contributed by atoms with Crippen LogP contribution in [0.15, 0.2) is 66.9 Å². The van der Waals surface area contributed by atoms with E-state index in [4.69, 9.17) is 15.7 Å². The minimum Gasteiger partial charge on any atom is -0.415 e. The van der Waals surface area contributed by atoms with Crippen LogP contribution in [0, 0.1) is 0 Å². The second-order valence-corrected chi connectivity index (χ2v) is 7.21. The molecule has 0 aliphatic heterocycles. The van der Waals surface area contributed by atoms with Gasteiger partial charge in [-0.05, 0) is 48.0 Å². The van der Waals surface area contributed by atoms with Crippen LogP contribution in [-0.2, 0) is 6.61 Å². The molecule has 0 aliphatic carbocycles. The Bertz CT molecular complexity index is 1460. The zero-order chi connectivity index (χ0) is 23.7. The predicted octanol–water partition coefficient (Wildman–Crippen LogP) is 3.62. The first-order chi connectivity index (χ1) is 16.5. The molecule has 3 N–H and O–H groups in total. The average Bonchev–Trinajstić information content (AvgIpc) is 3.23. The highest BCUT2D eigenvalue weighted by Crippen LogP contribution is 2.31. The second-order valence-electron chi connectivity index (χ2n) is 7.21. The molecule has 0 atom stereocenters. The monoisotopic (exact) mass is 461 g/mol. The lowest BCUT2D eigenvalue weighted by atomic mass is 10.2.